The number of hydrogen-bond donors (Lipinski definition) is 2. The molecular formula is C16H30N4O. The molecule has 1 heterocycles. The smallest absolute Gasteiger partial charge is 0.271 e. The summed E-state index contributed by atoms with van der Waals surface area (Å²) in [4.78, 5) is 12.4. The fourth-order valence-electron chi connectivity index (χ4n) is 2.41. The number of nitrogens with one attached hydrogen (secondary N) is 1. The van der Waals surface area contributed by atoms with Crippen LogP contribution in [-0.4, -0.2) is 22.2 Å². The van der Waals surface area contributed by atoms with Crippen molar-refractivity contribution < 1.29 is 4.79 Å². The molecule has 3 N–H and O–H groups in total. The number of hydrogen-bond acceptors (Lipinski definition) is 3. The number of amides is 1. The van der Waals surface area contributed by atoms with Crippen molar-refractivity contribution in [3.05, 3.63) is 11.4 Å². The Balaban J connectivity index is 2.65. The van der Waals surface area contributed by atoms with Crippen molar-refractivity contribution in [3.63, 3.8) is 0 Å². The summed E-state index contributed by atoms with van der Waals surface area (Å²) < 4.78 is 1.67. The van der Waals surface area contributed by atoms with Crippen molar-refractivity contribution in [1.29, 1.82) is 0 Å². The second kappa shape index (κ2) is 7.48. The average molecular weight is 294 g/mol. The van der Waals surface area contributed by atoms with Crippen molar-refractivity contribution in [2.75, 3.05) is 12.3 Å². The molecule has 0 saturated heterocycles. The quantitative estimate of drug-likeness (QED) is 0.723. The molecule has 0 saturated carbocycles. The van der Waals surface area contributed by atoms with Gasteiger partial charge in [-0.15, -0.1) is 0 Å². The van der Waals surface area contributed by atoms with E-state index in [1.165, 1.54) is 19.3 Å². The predicted molar refractivity (Wildman–Crippen MR) is 87.3 cm³/mol. The van der Waals surface area contributed by atoms with Gasteiger partial charge in [0, 0.05) is 13.1 Å². The van der Waals surface area contributed by atoms with E-state index in [4.69, 9.17) is 5.73 Å². The summed E-state index contributed by atoms with van der Waals surface area (Å²) in [6.45, 7) is 11.7. The SMILES string of the molecule is CCCCCC(C)(C)CNC(=O)c1c(N)c(C)nn1CC. The van der Waals surface area contributed by atoms with Crippen LogP contribution in [0, 0.1) is 12.3 Å². The van der Waals surface area contributed by atoms with Gasteiger partial charge in [0.15, 0.2) is 0 Å². The van der Waals surface area contributed by atoms with Crippen LogP contribution in [0.5, 0.6) is 0 Å². The van der Waals surface area contributed by atoms with Crippen LogP contribution in [0.4, 0.5) is 5.69 Å². The van der Waals surface area contributed by atoms with E-state index in [1.54, 1.807) is 4.68 Å². The average Bonchev–Trinajstić information content (AvgIpc) is 2.72. The van der Waals surface area contributed by atoms with Crippen molar-refractivity contribution >= 4 is 11.6 Å². The van der Waals surface area contributed by atoms with Crippen LogP contribution in [0.2, 0.25) is 0 Å². The topological polar surface area (TPSA) is 72.9 Å². The second-order valence-corrected chi connectivity index (χ2v) is 6.47. The van der Waals surface area contributed by atoms with Gasteiger partial charge in [0.2, 0.25) is 0 Å². The minimum Gasteiger partial charge on any atom is -0.395 e. The predicted octanol–water partition coefficient (Wildman–Crippen LogP) is 3.13. The third kappa shape index (κ3) is 4.76. The Kier molecular flexibility index (Phi) is 6.24. The fraction of sp³-hybridized carbons (Fsp3) is 0.750. The molecule has 0 spiro atoms. The summed E-state index contributed by atoms with van der Waals surface area (Å²) in [7, 11) is 0. The van der Waals surface area contributed by atoms with E-state index in [0.717, 1.165) is 6.42 Å². The molecule has 5 nitrogen and oxygen atoms in total. The van der Waals surface area contributed by atoms with Crippen molar-refractivity contribution in [3.8, 4) is 0 Å². The molecule has 0 aliphatic carbocycles. The monoisotopic (exact) mass is 294 g/mol. The lowest BCUT2D eigenvalue weighted by atomic mass is 9.87. The Morgan fingerprint density at radius 2 is 2.00 bits per heavy atom. The van der Waals surface area contributed by atoms with Crippen molar-refractivity contribution in [1.82, 2.24) is 15.1 Å². The lowest BCUT2D eigenvalue weighted by molar-refractivity contribution is 0.0924. The Bertz CT molecular complexity index is 477. The largest absolute Gasteiger partial charge is 0.395 e. The van der Waals surface area contributed by atoms with Crippen LogP contribution >= 0.6 is 0 Å². The van der Waals surface area contributed by atoms with Gasteiger partial charge in [0.1, 0.15) is 5.69 Å². The van der Waals surface area contributed by atoms with E-state index >= 15 is 0 Å². The highest BCUT2D eigenvalue weighted by Crippen LogP contribution is 2.23. The molecule has 120 valence electrons. The van der Waals surface area contributed by atoms with Gasteiger partial charge >= 0.3 is 0 Å². The van der Waals surface area contributed by atoms with Gasteiger partial charge in [-0.3, -0.25) is 9.48 Å². The van der Waals surface area contributed by atoms with E-state index in [1.807, 2.05) is 13.8 Å². The van der Waals surface area contributed by atoms with Gasteiger partial charge in [-0.25, -0.2) is 0 Å². The van der Waals surface area contributed by atoms with Crippen molar-refractivity contribution in [2.24, 2.45) is 5.41 Å². The summed E-state index contributed by atoms with van der Waals surface area (Å²) in [5, 5.41) is 7.30. The highest BCUT2D eigenvalue weighted by Gasteiger charge is 2.22. The third-order valence-electron chi connectivity index (χ3n) is 3.87. The summed E-state index contributed by atoms with van der Waals surface area (Å²) in [6.07, 6.45) is 4.77. The number of anilines is 1. The molecule has 0 unspecified atom stereocenters. The standard InChI is InChI=1S/C16H30N4O/c1-6-8-9-10-16(4,5)11-18-15(21)14-13(17)12(3)19-20(14)7-2/h6-11,17H2,1-5H3,(H,18,21). The molecule has 0 aliphatic rings. The molecule has 0 aliphatic heterocycles. The number of rotatable bonds is 8. The zero-order valence-corrected chi connectivity index (χ0v) is 14.1. The Hall–Kier alpha value is -1.52. The minimum atomic E-state index is -0.126. The number of aromatic nitrogens is 2. The molecule has 1 aromatic rings. The molecule has 1 rings (SSSR count). The molecule has 1 aromatic heterocycles. The summed E-state index contributed by atoms with van der Waals surface area (Å²) in [5.74, 6) is -0.126. The second-order valence-electron chi connectivity index (χ2n) is 6.47. The van der Waals surface area contributed by atoms with Gasteiger partial charge < -0.3 is 11.1 Å². The normalized spacial score (nSPS) is 11.7. The number of carbonyl (C=O) groups is 1. The van der Waals surface area contributed by atoms with Gasteiger partial charge in [-0.1, -0.05) is 40.0 Å². The molecule has 21 heavy (non-hydrogen) atoms. The summed E-state index contributed by atoms with van der Waals surface area (Å²) >= 11 is 0. The molecule has 0 aromatic carbocycles. The van der Waals surface area contributed by atoms with Crippen LogP contribution in [-0.2, 0) is 6.54 Å². The molecule has 0 fully saturated rings. The lowest BCUT2D eigenvalue weighted by Crippen LogP contribution is -2.35. The molecule has 1 amide bonds. The molecule has 0 atom stereocenters. The minimum absolute atomic E-state index is 0.103. The van der Waals surface area contributed by atoms with Crippen LogP contribution in [0.1, 0.15) is 69.6 Å². The third-order valence-corrected chi connectivity index (χ3v) is 3.87. The first-order valence-electron chi connectivity index (χ1n) is 7.93. The number of carbonyl (C=O) groups excluding carboxylic acids is 1. The highest BCUT2D eigenvalue weighted by atomic mass is 16.2. The van der Waals surface area contributed by atoms with E-state index in [0.29, 0.717) is 30.2 Å². The van der Waals surface area contributed by atoms with Gasteiger partial charge in [0.25, 0.3) is 5.91 Å². The van der Waals surface area contributed by atoms with E-state index in [9.17, 15) is 4.79 Å². The van der Waals surface area contributed by atoms with E-state index in [2.05, 4.69) is 31.2 Å². The van der Waals surface area contributed by atoms with Crippen LogP contribution in [0.15, 0.2) is 0 Å². The van der Waals surface area contributed by atoms with Crippen LogP contribution in [0.25, 0.3) is 0 Å². The van der Waals surface area contributed by atoms with Crippen LogP contribution < -0.4 is 11.1 Å². The zero-order chi connectivity index (χ0) is 16.0. The molecular weight excluding hydrogens is 264 g/mol. The first kappa shape index (κ1) is 17.5. The molecule has 0 radical (unpaired) electrons. The van der Waals surface area contributed by atoms with E-state index < -0.39 is 0 Å². The van der Waals surface area contributed by atoms with Gasteiger partial charge in [-0.2, -0.15) is 5.10 Å². The van der Waals surface area contributed by atoms with Crippen LogP contribution in [0.3, 0.4) is 0 Å². The maximum absolute atomic E-state index is 12.4. The first-order valence-corrected chi connectivity index (χ1v) is 7.93. The first-order chi connectivity index (χ1) is 9.82. The van der Waals surface area contributed by atoms with Crippen molar-refractivity contribution in [2.45, 2.75) is 66.8 Å². The van der Waals surface area contributed by atoms with E-state index in [-0.39, 0.29) is 11.3 Å². The fourth-order valence-corrected chi connectivity index (χ4v) is 2.41. The van der Waals surface area contributed by atoms with Gasteiger partial charge in [-0.05, 0) is 25.7 Å². The Morgan fingerprint density at radius 1 is 1.33 bits per heavy atom. The number of nitrogens with zero attached hydrogens (tertiary/aromatic N) is 2. The Morgan fingerprint density at radius 3 is 2.57 bits per heavy atom. The highest BCUT2D eigenvalue weighted by molar-refractivity contribution is 5.97. The zero-order valence-electron chi connectivity index (χ0n) is 14.1. The maximum Gasteiger partial charge on any atom is 0.271 e. The number of unbranched alkanes of at least 4 members (excludes halogenated alkanes) is 2. The lowest BCUT2D eigenvalue weighted by Gasteiger charge is -2.25. The number of aryl methyl sites for hydroxylation is 2. The van der Waals surface area contributed by atoms with Gasteiger partial charge in [0.05, 0.1) is 11.4 Å². The summed E-state index contributed by atoms with van der Waals surface area (Å²) in [6, 6.07) is 0. The Labute approximate surface area is 128 Å². The number of nitrogen functional groups attached to an aromatic ring is 1. The molecule has 5 heteroatoms. The maximum atomic E-state index is 12.4. The number of nitrogens with two attached hydrogens (primary N) is 1. The molecule has 0 bridgehead atoms. The summed E-state index contributed by atoms with van der Waals surface area (Å²) in [5.41, 5.74) is 7.76.